The number of rotatable bonds is 7. The van der Waals surface area contributed by atoms with Crippen molar-refractivity contribution in [2.75, 3.05) is 25.2 Å². The minimum atomic E-state index is -1.13. The highest BCUT2D eigenvalue weighted by Crippen LogP contribution is 2.20. The van der Waals surface area contributed by atoms with Gasteiger partial charge in [0.15, 0.2) is 0 Å². The number of carboxylic acid groups (broad SMARTS) is 1. The second-order valence-corrected chi connectivity index (χ2v) is 4.62. The van der Waals surface area contributed by atoms with E-state index in [1.807, 2.05) is 0 Å². The van der Waals surface area contributed by atoms with Gasteiger partial charge in [0.25, 0.3) is 0 Å². The second-order valence-electron chi connectivity index (χ2n) is 4.19. The van der Waals surface area contributed by atoms with Gasteiger partial charge in [-0.1, -0.05) is 17.7 Å². The van der Waals surface area contributed by atoms with Crippen molar-refractivity contribution in [3.05, 3.63) is 29.3 Å². The number of carbonyl (C=O) groups excluding carboxylic acids is 1. The van der Waals surface area contributed by atoms with Crippen LogP contribution in [0.3, 0.4) is 0 Å². The van der Waals surface area contributed by atoms with Gasteiger partial charge in [-0.2, -0.15) is 0 Å². The zero-order chi connectivity index (χ0) is 15.1. The molecule has 1 aromatic carbocycles. The van der Waals surface area contributed by atoms with Crippen molar-refractivity contribution < 1.29 is 19.4 Å². The molecule has 0 bridgehead atoms. The highest BCUT2D eigenvalue weighted by Gasteiger charge is 2.24. The Morgan fingerprint density at radius 3 is 2.75 bits per heavy atom. The maximum atomic E-state index is 12.2. The Bertz CT molecular complexity index is 481. The Morgan fingerprint density at radius 1 is 1.50 bits per heavy atom. The van der Waals surface area contributed by atoms with Gasteiger partial charge in [-0.25, -0.2) is 0 Å². The molecular weight excluding hydrogens is 284 g/mol. The molecule has 0 heterocycles. The minimum absolute atomic E-state index is 0.312. The van der Waals surface area contributed by atoms with Crippen molar-refractivity contribution in [3.63, 3.8) is 0 Å². The van der Waals surface area contributed by atoms with Gasteiger partial charge in [0, 0.05) is 24.4 Å². The van der Waals surface area contributed by atoms with Crippen molar-refractivity contribution in [2.24, 2.45) is 5.73 Å². The molecule has 0 spiro atoms. The molecule has 20 heavy (non-hydrogen) atoms. The molecule has 1 atom stereocenters. The summed E-state index contributed by atoms with van der Waals surface area (Å²) in [5, 5.41) is 9.34. The van der Waals surface area contributed by atoms with Crippen molar-refractivity contribution in [3.8, 4) is 0 Å². The average molecular weight is 301 g/mol. The van der Waals surface area contributed by atoms with Gasteiger partial charge in [0.05, 0.1) is 6.04 Å². The van der Waals surface area contributed by atoms with Crippen LogP contribution in [-0.4, -0.2) is 43.3 Å². The molecule has 0 aliphatic heterocycles. The quantitative estimate of drug-likeness (QED) is 0.787. The summed E-state index contributed by atoms with van der Waals surface area (Å²) >= 11 is 5.86. The van der Waals surface area contributed by atoms with Gasteiger partial charge >= 0.3 is 5.97 Å². The summed E-state index contributed by atoms with van der Waals surface area (Å²) in [6.07, 6.45) is 0.312. The number of carboxylic acids is 1. The number of hydrogen-bond acceptors (Lipinski definition) is 4. The van der Waals surface area contributed by atoms with Crippen LogP contribution in [0.15, 0.2) is 24.3 Å². The van der Waals surface area contributed by atoms with Crippen LogP contribution in [0.5, 0.6) is 0 Å². The van der Waals surface area contributed by atoms with Crippen molar-refractivity contribution in [1.82, 2.24) is 0 Å². The lowest BCUT2D eigenvalue weighted by Gasteiger charge is -2.24. The topological polar surface area (TPSA) is 92.9 Å². The molecule has 1 aromatic rings. The zero-order valence-corrected chi connectivity index (χ0v) is 11.8. The summed E-state index contributed by atoms with van der Waals surface area (Å²) in [6.45, 7) is -0.150. The lowest BCUT2D eigenvalue weighted by molar-refractivity contribution is -0.136. The molecule has 1 unspecified atom stereocenters. The normalized spacial score (nSPS) is 11.9. The van der Waals surface area contributed by atoms with Crippen LogP contribution < -0.4 is 10.6 Å². The number of nitrogens with two attached hydrogens (primary N) is 1. The molecule has 0 fully saturated rings. The Balaban J connectivity index is 2.94. The van der Waals surface area contributed by atoms with Crippen LogP contribution >= 0.6 is 11.6 Å². The Morgan fingerprint density at radius 2 is 2.20 bits per heavy atom. The fraction of sp³-hybridized carbons (Fsp3) is 0.385. The molecule has 0 aliphatic carbocycles. The predicted octanol–water partition coefficient (Wildman–Crippen LogP) is 1.12. The van der Waals surface area contributed by atoms with Gasteiger partial charge in [-0.15, -0.1) is 0 Å². The lowest BCUT2D eigenvalue weighted by atomic mass is 10.1. The fourth-order valence-corrected chi connectivity index (χ4v) is 1.83. The first-order valence-electron chi connectivity index (χ1n) is 5.99. The standard InChI is InChI=1S/C13H17ClN2O4/c1-20-6-5-11(15)13(19)16(8-12(17)18)10-4-2-3-9(14)7-10/h2-4,7,11H,5-6,8,15H2,1H3,(H,17,18). The summed E-state index contributed by atoms with van der Waals surface area (Å²) in [4.78, 5) is 24.3. The first kappa shape index (κ1) is 16.4. The molecule has 0 saturated heterocycles. The highest BCUT2D eigenvalue weighted by molar-refractivity contribution is 6.31. The first-order valence-corrected chi connectivity index (χ1v) is 6.36. The van der Waals surface area contributed by atoms with Crippen LogP contribution in [0.25, 0.3) is 0 Å². The lowest BCUT2D eigenvalue weighted by Crippen LogP contribution is -2.46. The summed E-state index contributed by atoms with van der Waals surface area (Å²) in [7, 11) is 1.50. The summed E-state index contributed by atoms with van der Waals surface area (Å²) < 4.78 is 4.86. The number of hydrogen-bond donors (Lipinski definition) is 2. The molecule has 1 amide bonds. The third kappa shape index (κ3) is 4.80. The van der Waals surface area contributed by atoms with Crippen molar-refractivity contribution in [2.45, 2.75) is 12.5 Å². The Hall–Kier alpha value is -1.63. The van der Waals surface area contributed by atoms with E-state index in [1.165, 1.54) is 13.2 Å². The number of carbonyl (C=O) groups is 2. The van der Waals surface area contributed by atoms with E-state index in [0.29, 0.717) is 23.7 Å². The zero-order valence-electron chi connectivity index (χ0n) is 11.1. The minimum Gasteiger partial charge on any atom is -0.480 e. The number of amides is 1. The van der Waals surface area contributed by atoms with Crippen LogP contribution in [0.1, 0.15) is 6.42 Å². The predicted molar refractivity (Wildman–Crippen MR) is 75.9 cm³/mol. The van der Waals surface area contributed by atoms with E-state index < -0.39 is 24.5 Å². The molecule has 0 radical (unpaired) electrons. The van der Waals surface area contributed by atoms with Crippen LogP contribution in [0, 0.1) is 0 Å². The van der Waals surface area contributed by atoms with Gasteiger partial charge in [0.2, 0.25) is 5.91 Å². The van der Waals surface area contributed by atoms with E-state index in [1.54, 1.807) is 18.2 Å². The van der Waals surface area contributed by atoms with Crippen LogP contribution in [0.4, 0.5) is 5.69 Å². The van der Waals surface area contributed by atoms with E-state index in [-0.39, 0.29) is 0 Å². The molecule has 3 N–H and O–H groups in total. The smallest absolute Gasteiger partial charge is 0.323 e. The van der Waals surface area contributed by atoms with E-state index in [2.05, 4.69) is 0 Å². The average Bonchev–Trinajstić information content (AvgIpc) is 2.41. The number of nitrogens with zero attached hydrogens (tertiary/aromatic N) is 1. The van der Waals surface area contributed by atoms with E-state index >= 15 is 0 Å². The monoisotopic (exact) mass is 300 g/mol. The van der Waals surface area contributed by atoms with Gasteiger partial charge in [-0.3, -0.25) is 14.5 Å². The number of benzene rings is 1. The Labute approximate surface area is 122 Å². The third-order valence-electron chi connectivity index (χ3n) is 2.63. The maximum Gasteiger partial charge on any atom is 0.323 e. The summed E-state index contributed by atoms with van der Waals surface area (Å²) in [5.74, 6) is -1.61. The van der Waals surface area contributed by atoms with Gasteiger partial charge < -0.3 is 15.6 Å². The van der Waals surface area contributed by atoms with E-state index in [9.17, 15) is 9.59 Å². The molecule has 0 aliphatic rings. The summed E-state index contributed by atoms with van der Waals surface area (Å²) in [6, 6.07) is 5.58. The van der Waals surface area contributed by atoms with Gasteiger partial charge in [0.1, 0.15) is 6.54 Å². The molecule has 1 rings (SSSR count). The number of methoxy groups -OCH3 is 1. The number of halogens is 1. The fourth-order valence-electron chi connectivity index (χ4n) is 1.64. The number of anilines is 1. The number of ether oxygens (including phenoxy) is 1. The molecular formula is C13H17ClN2O4. The molecule has 6 nitrogen and oxygen atoms in total. The van der Waals surface area contributed by atoms with E-state index in [0.717, 1.165) is 4.90 Å². The number of aliphatic carboxylic acids is 1. The molecule has 110 valence electrons. The van der Waals surface area contributed by atoms with Crippen molar-refractivity contribution in [1.29, 1.82) is 0 Å². The van der Waals surface area contributed by atoms with E-state index in [4.69, 9.17) is 27.2 Å². The maximum absolute atomic E-state index is 12.2. The largest absolute Gasteiger partial charge is 0.480 e. The molecule has 0 aromatic heterocycles. The third-order valence-corrected chi connectivity index (χ3v) is 2.86. The van der Waals surface area contributed by atoms with Crippen LogP contribution in [0.2, 0.25) is 5.02 Å². The Kier molecular flexibility index (Phi) is 6.44. The molecule has 7 heteroatoms. The SMILES string of the molecule is COCCC(N)C(=O)N(CC(=O)O)c1cccc(Cl)c1. The van der Waals surface area contributed by atoms with Crippen molar-refractivity contribution >= 4 is 29.2 Å². The first-order chi connectivity index (χ1) is 9.45. The highest BCUT2D eigenvalue weighted by atomic mass is 35.5. The molecule has 0 saturated carbocycles. The second kappa shape index (κ2) is 7.84. The van der Waals surface area contributed by atoms with Gasteiger partial charge in [-0.05, 0) is 24.6 Å². The summed E-state index contributed by atoms with van der Waals surface area (Å²) in [5.41, 5.74) is 6.16. The van der Waals surface area contributed by atoms with Crippen LogP contribution in [-0.2, 0) is 14.3 Å².